The number of thiazole rings is 1. The Kier molecular flexibility index (Phi) is 5.45. The molecule has 0 atom stereocenters. The molecule has 0 unspecified atom stereocenters. The summed E-state index contributed by atoms with van der Waals surface area (Å²) in [5, 5.41) is 8.27. The maximum absolute atomic E-state index is 13.0. The normalized spacial score (nSPS) is 11.1. The van der Waals surface area contributed by atoms with E-state index in [4.69, 9.17) is 0 Å². The molecule has 0 spiro atoms. The molecular weight excluding hydrogens is 408 g/mol. The van der Waals surface area contributed by atoms with Crippen LogP contribution in [0.15, 0.2) is 41.2 Å². The Balaban J connectivity index is 1.76. The number of aryl methyl sites for hydroxylation is 5. The lowest BCUT2D eigenvalue weighted by atomic mass is 10.0. The SMILES string of the molecule is Cc1cc(C)cc(NC(=O)Cn2nc(-c3ccc(C)cc3C)c3sc(C)nc3c2=O)c1. The van der Waals surface area contributed by atoms with Crippen LogP contribution in [0.3, 0.4) is 0 Å². The van der Waals surface area contributed by atoms with Gasteiger partial charge in [-0.15, -0.1) is 11.3 Å². The number of rotatable bonds is 4. The van der Waals surface area contributed by atoms with Crippen LogP contribution in [-0.2, 0) is 11.3 Å². The number of nitrogens with one attached hydrogen (secondary N) is 1. The first kappa shape index (κ1) is 20.9. The number of benzene rings is 2. The quantitative estimate of drug-likeness (QED) is 0.507. The molecule has 0 saturated carbocycles. The Hall–Kier alpha value is -3.32. The van der Waals surface area contributed by atoms with E-state index in [2.05, 4.69) is 21.5 Å². The van der Waals surface area contributed by atoms with Crippen molar-refractivity contribution in [3.8, 4) is 11.3 Å². The number of anilines is 1. The van der Waals surface area contributed by atoms with Crippen LogP contribution < -0.4 is 10.9 Å². The zero-order chi connectivity index (χ0) is 22.3. The highest BCUT2D eigenvalue weighted by Crippen LogP contribution is 2.31. The average molecular weight is 433 g/mol. The molecule has 0 radical (unpaired) electrons. The van der Waals surface area contributed by atoms with Crippen molar-refractivity contribution in [2.75, 3.05) is 5.32 Å². The van der Waals surface area contributed by atoms with Crippen molar-refractivity contribution in [1.82, 2.24) is 14.8 Å². The predicted molar refractivity (Wildman–Crippen MR) is 126 cm³/mol. The minimum atomic E-state index is -0.358. The van der Waals surface area contributed by atoms with Gasteiger partial charge in [-0.1, -0.05) is 29.8 Å². The first-order valence-corrected chi connectivity index (χ1v) is 10.9. The molecule has 0 bridgehead atoms. The van der Waals surface area contributed by atoms with E-state index in [1.807, 2.05) is 65.0 Å². The van der Waals surface area contributed by atoms with Gasteiger partial charge in [-0.3, -0.25) is 9.59 Å². The van der Waals surface area contributed by atoms with Crippen molar-refractivity contribution in [2.45, 2.75) is 41.2 Å². The van der Waals surface area contributed by atoms with Gasteiger partial charge in [-0.05, 0) is 63.4 Å². The topological polar surface area (TPSA) is 76.9 Å². The fourth-order valence-electron chi connectivity index (χ4n) is 3.81. The lowest BCUT2D eigenvalue weighted by molar-refractivity contribution is -0.117. The van der Waals surface area contributed by atoms with Gasteiger partial charge in [0.2, 0.25) is 5.91 Å². The summed E-state index contributed by atoms with van der Waals surface area (Å²) in [4.78, 5) is 30.2. The van der Waals surface area contributed by atoms with Gasteiger partial charge in [-0.25, -0.2) is 9.67 Å². The molecule has 31 heavy (non-hydrogen) atoms. The lowest BCUT2D eigenvalue weighted by Gasteiger charge is -2.12. The molecule has 2 aromatic heterocycles. The van der Waals surface area contributed by atoms with Crippen molar-refractivity contribution in [3.05, 3.63) is 74.0 Å². The first-order chi connectivity index (χ1) is 14.7. The largest absolute Gasteiger partial charge is 0.324 e. The molecule has 4 rings (SSSR count). The zero-order valence-corrected chi connectivity index (χ0v) is 19.1. The van der Waals surface area contributed by atoms with Crippen LogP contribution in [0.25, 0.3) is 21.5 Å². The van der Waals surface area contributed by atoms with Crippen molar-refractivity contribution < 1.29 is 4.79 Å². The number of aromatic nitrogens is 3. The van der Waals surface area contributed by atoms with Gasteiger partial charge in [0.05, 0.1) is 9.71 Å². The zero-order valence-electron chi connectivity index (χ0n) is 18.2. The molecule has 1 amide bonds. The molecule has 7 heteroatoms. The summed E-state index contributed by atoms with van der Waals surface area (Å²) >= 11 is 1.45. The first-order valence-electron chi connectivity index (χ1n) is 10.1. The second-order valence-electron chi connectivity index (χ2n) is 7.96. The molecule has 0 fully saturated rings. The maximum Gasteiger partial charge on any atom is 0.294 e. The molecule has 0 aliphatic carbocycles. The highest BCUT2D eigenvalue weighted by atomic mass is 32.1. The van der Waals surface area contributed by atoms with E-state index >= 15 is 0 Å². The number of hydrogen-bond donors (Lipinski definition) is 1. The van der Waals surface area contributed by atoms with Gasteiger partial charge in [0.25, 0.3) is 5.56 Å². The van der Waals surface area contributed by atoms with Crippen LogP contribution in [0.1, 0.15) is 27.3 Å². The number of hydrogen-bond acceptors (Lipinski definition) is 5. The number of nitrogens with zero attached hydrogens (tertiary/aromatic N) is 3. The minimum absolute atomic E-state index is 0.184. The highest BCUT2D eigenvalue weighted by Gasteiger charge is 2.19. The van der Waals surface area contributed by atoms with Gasteiger partial charge < -0.3 is 5.32 Å². The smallest absolute Gasteiger partial charge is 0.294 e. The van der Waals surface area contributed by atoms with Gasteiger partial charge >= 0.3 is 0 Å². The highest BCUT2D eigenvalue weighted by molar-refractivity contribution is 7.19. The summed E-state index contributed by atoms with van der Waals surface area (Å²) in [6, 6.07) is 11.9. The van der Waals surface area contributed by atoms with Crippen LogP contribution in [-0.4, -0.2) is 20.7 Å². The van der Waals surface area contributed by atoms with Crippen molar-refractivity contribution in [3.63, 3.8) is 0 Å². The monoisotopic (exact) mass is 432 g/mol. The molecular formula is C24H24N4O2S. The second-order valence-corrected chi connectivity index (χ2v) is 9.17. The molecule has 4 aromatic rings. The van der Waals surface area contributed by atoms with E-state index in [1.165, 1.54) is 16.0 Å². The molecule has 0 aliphatic heterocycles. The summed E-state index contributed by atoms with van der Waals surface area (Å²) in [7, 11) is 0. The molecule has 0 aliphatic rings. The van der Waals surface area contributed by atoms with Gasteiger partial charge in [-0.2, -0.15) is 5.10 Å². The summed E-state index contributed by atoms with van der Waals surface area (Å²) in [6.07, 6.45) is 0. The standard InChI is InChI=1S/C24H24N4O2S/c1-13-6-7-19(16(4)9-13)21-23-22(25-17(5)31-23)24(30)28(27-21)12-20(29)26-18-10-14(2)8-15(3)11-18/h6-11H,12H2,1-5H3,(H,26,29). The Labute approximate surface area is 184 Å². The van der Waals surface area contributed by atoms with Crippen LogP contribution >= 0.6 is 11.3 Å². The van der Waals surface area contributed by atoms with E-state index in [0.717, 1.165) is 37.5 Å². The maximum atomic E-state index is 13.0. The summed E-state index contributed by atoms with van der Waals surface area (Å²) in [5.41, 5.74) is 6.64. The summed E-state index contributed by atoms with van der Waals surface area (Å²) in [6.45, 7) is 9.69. The van der Waals surface area contributed by atoms with Crippen molar-refractivity contribution >= 4 is 33.1 Å². The molecule has 0 saturated heterocycles. The van der Waals surface area contributed by atoms with Crippen LogP contribution in [0.4, 0.5) is 5.69 Å². The Morgan fingerprint density at radius 1 is 1.00 bits per heavy atom. The fraction of sp³-hybridized carbons (Fsp3) is 0.250. The van der Waals surface area contributed by atoms with E-state index in [0.29, 0.717) is 16.9 Å². The Morgan fingerprint density at radius 2 is 1.71 bits per heavy atom. The molecule has 1 N–H and O–H groups in total. The van der Waals surface area contributed by atoms with E-state index < -0.39 is 0 Å². The summed E-state index contributed by atoms with van der Waals surface area (Å²) in [5.74, 6) is -0.308. The van der Waals surface area contributed by atoms with Crippen molar-refractivity contribution in [2.24, 2.45) is 0 Å². The molecule has 2 heterocycles. The number of amides is 1. The number of carbonyl (C=O) groups excluding carboxylic acids is 1. The Morgan fingerprint density at radius 3 is 2.39 bits per heavy atom. The Bertz CT molecular complexity index is 1360. The van der Waals surface area contributed by atoms with Gasteiger partial charge in [0.1, 0.15) is 12.2 Å². The lowest BCUT2D eigenvalue weighted by Crippen LogP contribution is -2.30. The molecule has 158 valence electrons. The van der Waals surface area contributed by atoms with Crippen LogP contribution in [0, 0.1) is 34.6 Å². The average Bonchev–Trinajstić information content (AvgIpc) is 3.05. The summed E-state index contributed by atoms with van der Waals surface area (Å²) < 4.78 is 1.97. The molecule has 2 aromatic carbocycles. The van der Waals surface area contributed by atoms with E-state index in [-0.39, 0.29) is 18.0 Å². The molecule has 6 nitrogen and oxygen atoms in total. The minimum Gasteiger partial charge on any atom is -0.324 e. The predicted octanol–water partition coefficient (Wildman–Crippen LogP) is 4.70. The van der Waals surface area contributed by atoms with Crippen molar-refractivity contribution in [1.29, 1.82) is 0 Å². The van der Waals surface area contributed by atoms with Crippen LogP contribution in [0.2, 0.25) is 0 Å². The van der Waals surface area contributed by atoms with E-state index in [1.54, 1.807) is 0 Å². The fourth-order valence-corrected chi connectivity index (χ4v) is 4.72. The van der Waals surface area contributed by atoms with Gasteiger partial charge in [0, 0.05) is 11.3 Å². The third-order valence-corrected chi connectivity index (χ3v) is 6.02. The second kappa shape index (κ2) is 8.07. The third kappa shape index (κ3) is 4.27. The van der Waals surface area contributed by atoms with Crippen LogP contribution in [0.5, 0.6) is 0 Å². The van der Waals surface area contributed by atoms with Gasteiger partial charge in [0.15, 0.2) is 5.52 Å². The number of fused-ring (bicyclic) bond motifs is 1. The van der Waals surface area contributed by atoms with E-state index in [9.17, 15) is 9.59 Å². The number of carbonyl (C=O) groups is 1. The third-order valence-electron chi connectivity index (χ3n) is 5.04.